The third-order valence-corrected chi connectivity index (χ3v) is 4.85. The van der Waals surface area contributed by atoms with Gasteiger partial charge >= 0.3 is 0 Å². The van der Waals surface area contributed by atoms with Crippen molar-refractivity contribution in [2.45, 2.75) is 52.4 Å². The number of aryl methyl sites for hydroxylation is 1. The van der Waals surface area contributed by atoms with Crippen LogP contribution in [0.25, 0.3) is 0 Å². The molecule has 20 heavy (non-hydrogen) atoms. The van der Waals surface area contributed by atoms with Crippen LogP contribution >= 0.6 is 11.6 Å². The van der Waals surface area contributed by atoms with Gasteiger partial charge in [-0.25, -0.2) is 0 Å². The molecule has 3 heteroatoms. The Hall–Kier alpha value is -1.02. The van der Waals surface area contributed by atoms with E-state index in [2.05, 4.69) is 19.2 Å². The van der Waals surface area contributed by atoms with Crippen molar-refractivity contribution < 1.29 is 4.79 Å². The summed E-state index contributed by atoms with van der Waals surface area (Å²) < 4.78 is 0. The Kier molecular flexibility index (Phi) is 5.47. The number of benzene rings is 1. The third kappa shape index (κ3) is 3.76. The van der Waals surface area contributed by atoms with Gasteiger partial charge in [0.2, 0.25) is 5.91 Å². The zero-order chi connectivity index (χ0) is 14.5. The molecule has 1 N–H and O–H groups in total. The summed E-state index contributed by atoms with van der Waals surface area (Å²) in [6.07, 6.45) is 6.56. The fourth-order valence-corrected chi connectivity index (χ4v) is 3.30. The lowest BCUT2D eigenvalue weighted by Gasteiger charge is -2.27. The Bertz CT molecular complexity index is 464. The molecule has 0 saturated heterocycles. The van der Waals surface area contributed by atoms with E-state index in [4.69, 9.17) is 11.6 Å². The van der Waals surface area contributed by atoms with Crippen LogP contribution in [0.5, 0.6) is 0 Å². The Labute approximate surface area is 126 Å². The maximum atomic E-state index is 12.3. The molecule has 1 aliphatic carbocycles. The average Bonchev–Trinajstić information content (AvgIpc) is 2.47. The minimum absolute atomic E-state index is 0.153. The molecule has 1 aromatic carbocycles. The molecule has 0 spiro atoms. The fourth-order valence-electron chi connectivity index (χ4n) is 2.99. The molecule has 0 radical (unpaired) electrons. The molecule has 1 amide bonds. The van der Waals surface area contributed by atoms with Gasteiger partial charge < -0.3 is 5.32 Å². The summed E-state index contributed by atoms with van der Waals surface area (Å²) in [5.41, 5.74) is 1.93. The fraction of sp³-hybridized carbons (Fsp3) is 0.588. The summed E-state index contributed by atoms with van der Waals surface area (Å²) in [5.74, 6) is 1.14. The summed E-state index contributed by atoms with van der Waals surface area (Å²) in [5, 5.41) is 3.75. The maximum Gasteiger partial charge on any atom is 0.227 e. The van der Waals surface area contributed by atoms with Crippen LogP contribution in [-0.2, 0) is 11.2 Å². The number of anilines is 1. The van der Waals surface area contributed by atoms with Crippen molar-refractivity contribution in [1.82, 2.24) is 0 Å². The molecule has 1 aromatic rings. The van der Waals surface area contributed by atoms with Gasteiger partial charge in [0.1, 0.15) is 0 Å². The second-order valence-corrected chi connectivity index (χ2v) is 6.18. The molecular formula is C17H24ClNO. The monoisotopic (exact) mass is 293 g/mol. The molecule has 1 fully saturated rings. The van der Waals surface area contributed by atoms with E-state index >= 15 is 0 Å². The minimum atomic E-state index is 0.153. The van der Waals surface area contributed by atoms with E-state index in [0.717, 1.165) is 41.5 Å². The number of carbonyl (C=O) groups excluding carboxylic acids is 1. The Balaban J connectivity index is 1.93. The SMILES string of the molecule is CCc1ccc(NC(=O)C2CCC(CC)CC2)cc1Cl. The number of amides is 1. The van der Waals surface area contributed by atoms with Crippen LogP contribution in [0, 0.1) is 11.8 Å². The van der Waals surface area contributed by atoms with Crippen molar-refractivity contribution in [3.05, 3.63) is 28.8 Å². The highest BCUT2D eigenvalue weighted by Crippen LogP contribution is 2.31. The van der Waals surface area contributed by atoms with Crippen molar-refractivity contribution in [3.63, 3.8) is 0 Å². The summed E-state index contributed by atoms with van der Waals surface area (Å²) >= 11 is 6.19. The topological polar surface area (TPSA) is 29.1 Å². The number of hydrogen-bond donors (Lipinski definition) is 1. The molecule has 2 rings (SSSR count). The highest BCUT2D eigenvalue weighted by molar-refractivity contribution is 6.31. The first-order valence-electron chi connectivity index (χ1n) is 7.73. The van der Waals surface area contributed by atoms with Crippen molar-refractivity contribution in [2.24, 2.45) is 11.8 Å². The van der Waals surface area contributed by atoms with Crippen molar-refractivity contribution in [2.75, 3.05) is 5.32 Å². The molecule has 0 unspecified atom stereocenters. The summed E-state index contributed by atoms with van der Waals surface area (Å²) in [4.78, 5) is 12.3. The highest BCUT2D eigenvalue weighted by Gasteiger charge is 2.25. The van der Waals surface area contributed by atoms with Crippen LogP contribution < -0.4 is 5.32 Å². The molecule has 0 aliphatic heterocycles. The van der Waals surface area contributed by atoms with Gasteiger partial charge in [-0.05, 0) is 55.7 Å². The van der Waals surface area contributed by atoms with Crippen LogP contribution in [0.3, 0.4) is 0 Å². The molecule has 0 aromatic heterocycles. The maximum absolute atomic E-state index is 12.3. The highest BCUT2D eigenvalue weighted by atomic mass is 35.5. The number of carbonyl (C=O) groups is 1. The number of nitrogens with one attached hydrogen (secondary N) is 1. The van der Waals surface area contributed by atoms with Crippen LogP contribution in [0.1, 0.15) is 51.5 Å². The quantitative estimate of drug-likeness (QED) is 0.826. The molecule has 0 atom stereocenters. The van der Waals surface area contributed by atoms with Crippen molar-refractivity contribution in [1.29, 1.82) is 0 Å². The lowest BCUT2D eigenvalue weighted by Crippen LogP contribution is -2.27. The average molecular weight is 294 g/mol. The lowest BCUT2D eigenvalue weighted by atomic mass is 9.80. The first kappa shape index (κ1) is 15.4. The number of halogens is 1. The molecular weight excluding hydrogens is 270 g/mol. The van der Waals surface area contributed by atoms with Gasteiger partial charge in [0.25, 0.3) is 0 Å². The molecule has 2 nitrogen and oxygen atoms in total. The Morgan fingerprint density at radius 2 is 1.95 bits per heavy atom. The zero-order valence-corrected chi connectivity index (χ0v) is 13.2. The smallest absolute Gasteiger partial charge is 0.227 e. The molecule has 1 aliphatic rings. The van der Waals surface area contributed by atoms with Gasteiger partial charge in [0.05, 0.1) is 0 Å². The van der Waals surface area contributed by atoms with Gasteiger partial charge in [-0.3, -0.25) is 4.79 Å². The second-order valence-electron chi connectivity index (χ2n) is 5.77. The largest absolute Gasteiger partial charge is 0.326 e. The van der Waals surface area contributed by atoms with E-state index in [9.17, 15) is 4.79 Å². The zero-order valence-electron chi connectivity index (χ0n) is 12.4. The number of rotatable bonds is 4. The van der Waals surface area contributed by atoms with Crippen molar-refractivity contribution in [3.8, 4) is 0 Å². The minimum Gasteiger partial charge on any atom is -0.326 e. The standard InChI is InChI=1S/C17H24ClNO/c1-3-12-5-7-14(8-6-12)17(20)19-15-10-9-13(4-2)16(18)11-15/h9-12,14H,3-8H2,1-2H3,(H,19,20). The summed E-state index contributed by atoms with van der Waals surface area (Å²) in [6, 6.07) is 5.79. The summed E-state index contributed by atoms with van der Waals surface area (Å²) in [7, 11) is 0. The van der Waals surface area contributed by atoms with E-state index in [1.807, 2.05) is 18.2 Å². The predicted octanol–water partition coefficient (Wildman–Crippen LogP) is 5.06. The van der Waals surface area contributed by atoms with Crippen LogP contribution in [0.2, 0.25) is 5.02 Å². The van der Waals surface area contributed by atoms with Crippen molar-refractivity contribution >= 4 is 23.2 Å². The Morgan fingerprint density at radius 3 is 2.50 bits per heavy atom. The number of hydrogen-bond acceptors (Lipinski definition) is 1. The van der Waals surface area contributed by atoms with Gasteiger partial charge in [-0.15, -0.1) is 0 Å². The van der Waals surface area contributed by atoms with E-state index in [1.165, 1.54) is 19.3 Å². The lowest BCUT2D eigenvalue weighted by molar-refractivity contribution is -0.121. The van der Waals surface area contributed by atoms with E-state index in [-0.39, 0.29) is 11.8 Å². The van der Waals surface area contributed by atoms with E-state index in [1.54, 1.807) is 0 Å². The normalized spacial score (nSPS) is 22.6. The van der Waals surface area contributed by atoms with Gasteiger partial charge in [0.15, 0.2) is 0 Å². The van der Waals surface area contributed by atoms with Gasteiger partial charge in [-0.2, -0.15) is 0 Å². The molecule has 1 saturated carbocycles. The first-order chi connectivity index (χ1) is 9.63. The molecule has 110 valence electrons. The van der Waals surface area contributed by atoms with E-state index in [0.29, 0.717) is 0 Å². The first-order valence-corrected chi connectivity index (χ1v) is 8.11. The van der Waals surface area contributed by atoms with Crippen LogP contribution in [0.15, 0.2) is 18.2 Å². The summed E-state index contributed by atoms with van der Waals surface area (Å²) in [6.45, 7) is 4.31. The van der Waals surface area contributed by atoms with Gasteiger partial charge in [-0.1, -0.05) is 37.9 Å². The molecule has 0 bridgehead atoms. The van der Waals surface area contributed by atoms with E-state index < -0.39 is 0 Å². The second kappa shape index (κ2) is 7.12. The predicted molar refractivity (Wildman–Crippen MR) is 85.2 cm³/mol. The Morgan fingerprint density at radius 1 is 1.25 bits per heavy atom. The van der Waals surface area contributed by atoms with Crippen LogP contribution in [-0.4, -0.2) is 5.91 Å². The van der Waals surface area contributed by atoms with Gasteiger partial charge in [0, 0.05) is 16.6 Å². The molecule has 0 heterocycles. The van der Waals surface area contributed by atoms with Crippen LogP contribution in [0.4, 0.5) is 5.69 Å². The third-order valence-electron chi connectivity index (χ3n) is 4.50.